The number of nitrogens with zero attached hydrogens (tertiary/aromatic N) is 1. The van der Waals surface area contributed by atoms with E-state index in [1.54, 1.807) is 17.2 Å². The first-order chi connectivity index (χ1) is 15.0. The average Bonchev–Trinajstić information content (AvgIpc) is 3.19. The molecule has 3 heterocycles. The maximum Gasteiger partial charge on any atom is 0.340 e. The van der Waals surface area contributed by atoms with Gasteiger partial charge in [0.2, 0.25) is 5.91 Å². The molecule has 0 radical (unpaired) electrons. The lowest BCUT2D eigenvalue weighted by Crippen LogP contribution is -2.40. The lowest BCUT2D eigenvalue weighted by atomic mass is 9.99. The number of furan rings is 1. The van der Waals surface area contributed by atoms with Gasteiger partial charge in [-0.2, -0.15) is 0 Å². The van der Waals surface area contributed by atoms with Crippen molar-refractivity contribution in [3.63, 3.8) is 0 Å². The molecule has 1 aliphatic heterocycles. The number of likely N-dealkylation sites (tertiary alicyclic amines) is 1. The number of carbonyl (C=O) groups is 2. The third-order valence-corrected chi connectivity index (χ3v) is 6.07. The molecule has 2 aromatic carbocycles. The Kier molecular flexibility index (Phi) is 4.70. The van der Waals surface area contributed by atoms with E-state index in [4.69, 9.17) is 8.83 Å². The summed E-state index contributed by atoms with van der Waals surface area (Å²) in [5.74, 6) is 0.0143. The van der Waals surface area contributed by atoms with Gasteiger partial charge in [0.1, 0.15) is 16.9 Å². The maximum absolute atomic E-state index is 12.7. The number of amides is 1. The van der Waals surface area contributed by atoms with Crippen LogP contribution in [0.4, 0.5) is 0 Å². The predicted octanol–water partition coefficient (Wildman–Crippen LogP) is 4.25. The molecular formula is C25H21NO5. The van der Waals surface area contributed by atoms with Crippen LogP contribution in [0, 0.1) is 6.92 Å². The Bertz CT molecular complexity index is 1370. The summed E-state index contributed by atoms with van der Waals surface area (Å²) in [6.07, 6.45) is 2.41. The fourth-order valence-corrected chi connectivity index (χ4v) is 4.22. The van der Waals surface area contributed by atoms with Gasteiger partial charge in [-0.05, 0) is 24.1 Å². The first-order valence-corrected chi connectivity index (χ1v) is 10.3. The molecule has 4 aromatic rings. The molecule has 1 fully saturated rings. The lowest BCUT2D eigenvalue weighted by molar-refractivity contribution is -0.133. The van der Waals surface area contributed by atoms with Gasteiger partial charge in [0, 0.05) is 48.3 Å². The Hall–Kier alpha value is -3.67. The molecule has 1 amide bonds. The predicted molar refractivity (Wildman–Crippen MR) is 117 cm³/mol. The molecular weight excluding hydrogens is 394 g/mol. The summed E-state index contributed by atoms with van der Waals surface area (Å²) in [5.41, 5.74) is 3.64. The number of hydrogen-bond acceptors (Lipinski definition) is 5. The van der Waals surface area contributed by atoms with Crippen molar-refractivity contribution in [3.8, 4) is 11.1 Å². The van der Waals surface area contributed by atoms with Gasteiger partial charge in [0.15, 0.2) is 0 Å². The van der Waals surface area contributed by atoms with Crippen LogP contribution in [0.2, 0.25) is 0 Å². The largest absolute Gasteiger partial charge is 0.464 e. The standard InChI is InChI=1S/C25H21NO5/c1-15-18-11-20-21(16-5-3-2-4-6-16)14-30-22(20)13-23(18)31-25(29)19(15)12-24(28)26-9-7-17(27)8-10-26/h2-6,11,13-14H,7-10,12H2,1H3. The first-order valence-electron chi connectivity index (χ1n) is 10.3. The second kappa shape index (κ2) is 7.54. The van der Waals surface area contributed by atoms with E-state index < -0.39 is 5.63 Å². The minimum atomic E-state index is -0.513. The fourth-order valence-electron chi connectivity index (χ4n) is 4.22. The molecule has 1 aliphatic rings. The molecule has 31 heavy (non-hydrogen) atoms. The highest BCUT2D eigenvalue weighted by Crippen LogP contribution is 2.34. The van der Waals surface area contributed by atoms with Crippen molar-refractivity contribution in [1.82, 2.24) is 4.90 Å². The van der Waals surface area contributed by atoms with Crippen molar-refractivity contribution in [2.24, 2.45) is 0 Å². The molecule has 0 spiro atoms. The average molecular weight is 415 g/mol. The summed E-state index contributed by atoms with van der Waals surface area (Å²) in [5, 5.41) is 1.70. The van der Waals surface area contributed by atoms with Gasteiger partial charge in [-0.1, -0.05) is 30.3 Å². The third kappa shape index (κ3) is 3.44. The second-order valence-corrected chi connectivity index (χ2v) is 7.95. The number of benzene rings is 2. The Balaban J connectivity index is 1.57. The zero-order valence-corrected chi connectivity index (χ0v) is 17.1. The van der Waals surface area contributed by atoms with Crippen molar-refractivity contribution < 1.29 is 18.4 Å². The summed E-state index contributed by atoms with van der Waals surface area (Å²) in [4.78, 5) is 38.5. The van der Waals surface area contributed by atoms with Crippen LogP contribution in [0.1, 0.15) is 24.0 Å². The van der Waals surface area contributed by atoms with E-state index in [2.05, 4.69) is 0 Å². The zero-order chi connectivity index (χ0) is 21.5. The van der Waals surface area contributed by atoms with Crippen molar-refractivity contribution in [1.29, 1.82) is 0 Å². The fraction of sp³-hybridized carbons (Fsp3) is 0.240. The number of Topliss-reactive ketones (excluding diaryl/α,β-unsaturated/α-hetero) is 1. The van der Waals surface area contributed by atoms with Crippen molar-refractivity contribution in [2.45, 2.75) is 26.2 Å². The molecule has 0 N–H and O–H groups in total. The number of piperidine rings is 1. The van der Waals surface area contributed by atoms with E-state index in [9.17, 15) is 14.4 Å². The number of hydrogen-bond donors (Lipinski definition) is 0. The quantitative estimate of drug-likeness (QED) is 0.467. The van der Waals surface area contributed by atoms with E-state index in [1.165, 1.54) is 0 Å². The summed E-state index contributed by atoms with van der Waals surface area (Å²) in [6.45, 7) is 2.66. The van der Waals surface area contributed by atoms with Crippen LogP contribution in [0.3, 0.4) is 0 Å². The van der Waals surface area contributed by atoms with Crippen molar-refractivity contribution in [2.75, 3.05) is 13.1 Å². The molecule has 2 aromatic heterocycles. The van der Waals surface area contributed by atoms with Crippen molar-refractivity contribution in [3.05, 3.63) is 70.3 Å². The normalized spacial score (nSPS) is 14.5. The minimum absolute atomic E-state index is 0.0345. The lowest BCUT2D eigenvalue weighted by Gasteiger charge is -2.26. The number of rotatable bonds is 3. The zero-order valence-electron chi connectivity index (χ0n) is 17.1. The molecule has 6 nitrogen and oxygen atoms in total. The Morgan fingerprint density at radius 3 is 2.48 bits per heavy atom. The SMILES string of the molecule is Cc1c(CC(=O)N2CCC(=O)CC2)c(=O)oc2cc3occ(-c4ccccc4)c3cc12. The Morgan fingerprint density at radius 2 is 1.74 bits per heavy atom. The number of fused-ring (bicyclic) bond motifs is 2. The molecule has 0 unspecified atom stereocenters. The van der Waals surface area contributed by atoms with E-state index in [-0.39, 0.29) is 18.1 Å². The van der Waals surface area contributed by atoms with E-state index in [1.807, 2.05) is 43.3 Å². The highest BCUT2D eigenvalue weighted by molar-refractivity contribution is 6.02. The summed E-state index contributed by atoms with van der Waals surface area (Å²) in [6, 6.07) is 13.6. The smallest absolute Gasteiger partial charge is 0.340 e. The van der Waals surface area contributed by atoms with E-state index in [0.29, 0.717) is 42.7 Å². The number of ketones is 1. The van der Waals surface area contributed by atoms with E-state index >= 15 is 0 Å². The van der Waals surface area contributed by atoms with Gasteiger partial charge in [-0.3, -0.25) is 9.59 Å². The number of carbonyl (C=O) groups excluding carboxylic acids is 2. The molecule has 0 aliphatic carbocycles. The van der Waals surface area contributed by atoms with E-state index in [0.717, 1.165) is 27.5 Å². The van der Waals surface area contributed by atoms with Crippen LogP contribution in [0.25, 0.3) is 33.1 Å². The van der Waals surface area contributed by atoms with Gasteiger partial charge in [0.05, 0.1) is 18.2 Å². The maximum atomic E-state index is 12.7. The van der Waals surface area contributed by atoms with Crippen LogP contribution in [0.15, 0.2) is 62.4 Å². The summed E-state index contributed by atoms with van der Waals surface area (Å²) in [7, 11) is 0. The highest BCUT2D eigenvalue weighted by Gasteiger charge is 2.24. The summed E-state index contributed by atoms with van der Waals surface area (Å²) >= 11 is 0. The molecule has 156 valence electrons. The minimum Gasteiger partial charge on any atom is -0.464 e. The van der Waals surface area contributed by atoms with Crippen LogP contribution in [-0.2, 0) is 16.0 Å². The topological polar surface area (TPSA) is 80.7 Å². The molecule has 5 rings (SSSR count). The summed E-state index contributed by atoms with van der Waals surface area (Å²) < 4.78 is 11.3. The number of aryl methyl sites for hydroxylation is 1. The first kappa shape index (κ1) is 19.3. The Morgan fingerprint density at radius 1 is 1.00 bits per heavy atom. The third-order valence-electron chi connectivity index (χ3n) is 6.07. The Labute approximate surface area is 178 Å². The van der Waals surface area contributed by atoms with Gasteiger partial charge < -0.3 is 13.7 Å². The molecule has 6 heteroatoms. The van der Waals surface area contributed by atoms with Gasteiger partial charge in [-0.15, -0.1) is 0 Å². The van der Waals surface area contributed by atoms with Gasteiger partial charge >= 0.3 is 5.63 Å². The van der Waals surface area contributed by atoms with Crippen LogP contribution in [-0.4, -0.2) is 29.7 Å². The highest BCUT2D eigenvalue weighted by atomic mass is 16.4. The van der Waals surface area contributed by atoms with Crippen LogP contribution in [0.5, 0.6) is 0 Å². The molecule has 0 atom stereocenters. The second-order valence-electron chi connectivity index (χ2n) is 7.95. The van der Waals surface area contributed by atoms with Crippen LogP contribution >= 0.6 is 0 Å². The van der Waals surface area contributed by atoms with Crippen LogP contribution < -0.4 is 5.63 Å². The van der Waals surface area contributed by atoms with Gasteiger partial charge in [0.25, 0.3) is 0 Å². The molecule has 0 bridgehead atoms. The molecule has 0 saturated carbocycles. The van der Waals surface area contributed by atoms with Crippen molar-refractivity contribution >= 4 is 33.6 Å². The monoisotopic (exact) mass is 415 g/mol. The van der Waals surface area contributed by atoms with Gasteiger partial charge in [-0.25, -0.2) is 4.79 Å². The molecule has 1 saturated heterocycles.